The zero-order valence-corrected chi connectivity index (χ0v) is 9.53. The van der Waals surface area contributed by atoms with Crippen molar-refractivity contribution in [3.05, 3.63) is 24.2 Å². The predicted octanol–water partition coefficient (Wildman–Crippen LogP) is 0.936. The van der Waals surface area contributed by atoms with Crippen molar-refractivity contribution in [2.75, 3.05) is 13.1 Å². The smallest absolute Gasteiger partial charge is 0.220 e. The molecule has 1 aliphatic rings. The molecular weight excluding hydrogens is 204 g/mol. The zero-order valence-electron chi connectivity index (χ0n) is 9.53. The molecule has 1 aromatic rings. The largest absolute Gasteiger partial charge is 0.469 e. The Labute approximate surface area is 95.4 Å². The van der Waals surface area contributed by atoms with E-state index in [1.807, 2.05) is 12.1 Å². The monoisotopic (exact) mass is 222 g/mol. The number of rotatable bonds is 4. The third kappa shape index (κ3) is 2.85. The number of carbonyl (C=O) groups excluding carboxylic acids is 1. The van der Waals surface area contributed by atoms with E-state index in [2.05, 4.69) is 17.6 Å². The van der Waals surface area contributed by atoms with E-state index in [1.165, 1.54) is 0 Å². The molecule has 0 aliphatic carbocycles. The molecule has 4 heteroatoms. The van der Waals surface area contributed by atoms with Crippen molar-refractivity contribution >= 4 is 5.91 Å². The Bertz CT molecular complexity index is 335. The van der Waals surface area contributed by atoms with Gasteiger partial charge in [-0.25, -0.2) is 0 Å². The summed E-state index contributed by atoms with van der Waals surface area (Å²) in [5.41, 5.74) is 0. The van der Waals surface area contributed by atoms with E-state index in [0.717, 1.165) is 18.8 Å². The Balaban J connectivity index is 1.72. The maximum absolute atomic E-state index is 11.7. The number of hydrogen-bond donors (Lipinski definition) is 2. The van der Waals surface area contributed by atoms with Crippen LogP contribution in [0.1, 0.15) is 19.1 Å². The molecule has 2 N–H and O–H groups in total. The number of amides is 1. The maximum atomic E-state index is 11.7. The third-order valence-electron chi connectivity index (χ3n) is 3.04. The van der Waals surface area contributed by atoms with Crippen LogP contribution in [0.25, 0.3) is 0 Å². The molecule has 1 saturated heterocycles. The van der Waals surface area contributed by atoms with Crippen LogP contribution < -0.4 is 10.6 Å². The molecule has 16 heavy (non-hydrogen) atoms. The van der Waals surface area contributed by atoms with Crippen molar-refractivity contribution in [1.29, 1.82) is 0 Å². The van der Waals surface area contributed by atoms with Crippen LogP contribution in [0.4, 0.5) is 0 Å². The van der Waals surface area contributed by atoms with Crippen LogP contribution >= 0.6 is 0 Å². The molecule has 0 radical (unpaired) electrons. The molecule has 1 aliphatic heterocycles. The van der Waals surface area contributed by atoms with Gasteiger partial charge in [0, 0.05) is 25.4 Å². The summed E-state index contributed by atoms with van der Waals surface area (Å²) >= 11 is 0. The van der Waals surface area contributed by atoms with Gasteiger partial charge in [-0.3, -0.25) is 4.79 Å². The highest BCUT2D eigenvalue weighted by atomic mass is 16.3. The quantitative estimate of drug-likeness (QED) is 0.797. The van der Waals surface area contributed by atoms with Crippen molar-refractivity contribution in [3.8, 4) is 0 Å². The molecule has 1 fully saturated rings. The topological polar surface area (TPSA) is 54.3 Å². The molecule has 2 atom stereocenters. The SMILES string of the molecule is CC1CNCC1NC(=O)CCc1ccco1. The van der Waals surface area contributed by atoms with E-state index in [0.29, 0.717) is 18.8 Å². The molecule has 2 heterocycles. The lowest BCUT2D eigenvalue weighted by Crippen LogP contribution is -2.39. The minimum atomic E-state index is 0.108. The van der Waals surface area contributed by atoms with E-state index < -0.39 is 0 Å². The third-order valence-corrected chi connectivity index (χ3v) is 3.04. The lowest BCUT2D eigenvalue weighted by atomic mass is 10.1. The van der Waals surface area contributed by atoms with Gasteiger partial charge < -0.3 is 15.1 Å². The summed E-state index contributed by atoms with van der Waals surface area (Å²) in [6.45, 7) is 4.02. The van der Waals surface area contributed by atoms with Gasteiger partial charge in [0.05, 0.1) is 6.26 Å². The van der Waals surface area contributed by atoms with Crippen molar-refractivity contribution in [3.63, 3.8) is 0 Å². The number of furan rings is 1. The Morgan fingerprint density at radius 3 is 3.12 bits per heavy atom. The van der Waals surface area contributed by atoms with Gasteiger partial charge in [0.25, 0.3) is 0 Å². The Kier molecular flexibility index (Phi) is 3.62. The minimum Gasteiger partial charge on any atom is -0.469 e. The first kappa shape index (κ1) is 11.2. The summed E-state index contributed by atoms with van der Waals surface area (Å²) in [7, 11) is 0. The van der Waals surface area contributed by atoms with Gasteiger partial charge in [0.1, 0.15) is 5.76 Å². The average molecular weight is 222 g/mol. The Morgan fingerprint density at radius 2 is 2.50 bits per heavy atom. The molecule has 1 aromatic heterocycles. The molecule has 0 saturated carbocycles. The highest BCUT2D eigenvalue weighted by Gasteiger charge is 2.24. The van der Waals surface area contributed by atoms with Crippen molar-refractivity contribution in [2.24, 2.45) is 5.92 Å². The van der Waals surface area contributed by atoms with Crippen molar-refractivity contribution in [2.45, 2.75) is 25.8 Å². The van der Waals surface area contributed by atoms with E-state index in [4.69, 9.17) is 4.42 Å². The lowest BCUT2D eigenvalue weighted by molar-refractivity contribution is -0.121. The fourth-order valence-corrected chi connectivity index (χ4v) is 1.97. The molecule has 2 rings (SSSR count). The standard InChI is InChI=1S/C12H18N2O2/c1-9-7-13-8-11(9)14-12(15)5-4-10-3-2-6-16-10/h2-3,6,9,11,13H,4-5,7-8H2,1H3,(H,14,15). The summed E-state index contributed by atoms with van der Waals surface area (Å²) < 4.78 is 5.18. The van der Waals surface area contributed by atoms with Crippen LogP contribution in [0.5, 0.6) is 0 Å². The van der Waals surface area contributed by atoms with Gasteiger partial charge in [-0.05, 0) is 24.6 Å². The van der Waals surface area contributed by atoms with Gasteiger partial charge in [0.15, 0.2) is 0 Å². The maximum Gasteiger partial charge on any atom is 0.220 e. The normalized spacial score (nSPS) is 24.6. The van der Waals surface area contributed by atoms with E-state index in [9.17, 15) is 4.79 Å². The summed E-state index contributed by atoms with van der Waals surface area (Å²) in [6.07, 6.45) is 2.81. The van der Waals surface area contributed by atoms with Crippen LogP contribution in [0, 0.1) is 5.92 Å². The van der Waals surface area contributed by atoms with Crippen LogP contribution in [0.15, 0.2) is 22.8 Å². The molecule has 4 nitrogen and oxygen atoms in total. The highest BCUT2D eigenvalue weighted by molar-refractivity contribution is 5.76. The Morgan fingerprint density at radius 1 is 1.62 bits per heavy atom. The second-order valence-corrected chi connectivity index (χ2v) is 4.39. The highest BCUT2D eigenvalue weighted by Crippen LogP contribution is 2.08. The molecule has 0 aromatic carbocycles. The van der Waals surface area contributed by atoms with Gasteiger partial charge in [-0.15, -0.1) is 0 Å². The first-order valence-electron chi connectivity index (χ1n) is 5.78. The minimum absolute atomic E-state index is 0.108. The van der Waals surface area contributed by atoms with Crippen molar-refractivity contribution in [1.82, 2.24) is 10.6 Å². The Hall–Kier alpha value is -1.29. The second-order valence-electron chi connectivity index (χ2n) is 4.39. The predicted molar refractivity (Wildman–Crippen MR) is 61.0 cm³/mol. The number of hydrogen-bond acceptors (Lipinski definition) is 3. The van der Waals surface area contributed by atoms with E-state index in [-0.39, 0.29) is 11.9 Å². The fraction of sp³-hybridized carbons (Fsp3) is 0.583. The fourth-order valence-electron chi connectivity index (χ4n) is 1.97. The van der Waals surface area contributed by atoms with Gasteiger partial charge in [0.2, 0.25) is 5.91 Å². The molecular formula is C12H18N2O2. The zero-order chi connectivity index (χ0) is 11.4. The molecule has 0 bridgehead atoms. The van der Waals surface area contributed by atoms with Crippen LogP contribution in [-0.4, -0.2) is 25.0 Å². The number of carbonyl (C=O) groups is 1. The van der Waals surface area contributed by atoms with E-state index in [1.54, 1.807) is 6.26 Å². The van der Waals surface area contributed by atoms with Gasteiger partial charge >= 0.3 is 0 Å². The first-order valence-corrected chi connectivity index (χ1v) is 5.78. The molecule has 0 spiro atoms. The van der Waals surface area contributed by atoms with Gasteiger partial charge in [-0.1, -0.05) is 6.92 Å². The second kappa shape index (κ2) is 5.16. The number of aryl methyl sites for hydroxylation is 1. The van der Waals surface area contributed by atoms with Crippen molar-refractivity contribution < 1.29 is 9.21 Å². The summed E-state index contributed by atoms with van der Waals surface area (Å²) in [6, 6.07) is 4.02. The molecule has 88 valence electrons. The first-order chi connectivity index (χ1) is 7.75. The van der Waals surface area contributed by atoms with Crippen LogP contribution in [-0.2, 0) is 11.2 Å². The molecule has 2 unspecified atom stereocenters. The van der Waals surface area contributed by atoms with Crippen LogP contribution in [0.3, 0.4) is 0 Å². The average Bonchev–Trinajstić information content (AvgIpc) is 2.88. The van der Waals surface area contributed by atoms with Crippen LogP contribution in [0.2, 0.25) is 0 Å². The van der Waals surface area contributed by atoms with Gasteiger partial charge in [-0.2, -0.15) is 0 Å². The summed E-state index contributed by atoms with van der Waals surface area (Å²) in [4.78, 5) is 11.7. The van der Waals surface area contributed by atoms with E-state index >= 15 is 0 Å². The summed E-state index contributed by atoms with van der Waals surface area (Å²) in [5.74, 6) is 1.50. The molecule has 1 amide bonds. The summed E-state index contributed by atoms with van der Waals surface area (Å²) in [5, 5.41) is 6.31. The lowest BCUT2D eigenvalue weighted by Gasteiger charge is -2.15. The number of nitrogens with one attached hydrogen (secondary N) is 2.